The van der Waals surface area contributed by atoms with Crippen LogP contribution in [0.25, 0.3) is 0 Å². The largest absolute Gasteiger partial charge is 0.469 e. The Bertz CT molecular complexity index is 640. The molecule has 2 aromatic carbocycles. The number of benzene rings is 2. The summed E-state index contributed by atoms with van der Waals surface area (Å²) in [5, 5.41) is 3.42. The number of anilines is 1. The number of esters is 1. The van der Waals surface area contributed by atoms with Crippen molar-refractivity contribution in [2.45, 2.75) is 19.9 Å². The van der Waals surface area contributed by atoms with Crippen LogP contribution in [0.5, 0.6) is 0 Å². The molecule has 0 spiro atoms. The Balaban J connectivity index is 2.11. The molecule has 0 fully saturated rings. The standard InChI is InChI=1S/C17H18BrNO2/c1-12-9-15(18)7-8-16(12)19-11-14-6-4-3-5-13(14)10-17(20)21-2/h3-9,19H,10-11H2,1-2H3. The second-order valence-electron chi connectivity index (χ2n) is 4.83. The molecule has 2 rings (SSSR count). The Labute approximate surface area is 133 Å². The molecule has 0 aromatic heterocycles. The van der Waals surface area contributed by atoms with Gasteiger partial charge in [-0.15, -0.1) is 0 Å². The number of aryl methyl sites for hydroxylation is 1. The van der Waals surface area contributed by atoms with E-state index in [9.17, 15) is 4.79 Å². The monoisotopic (exact) mass is 347 g/mol. The molecule has 0 unspecified atom stereocenters. The van der Waals surface area contributed by atoms with Gasteiger partial charge in [-0.1, -0.05) is 40.2 Å². The molecular weight excluding hydrogens is 330 g/mol. The number of methoxy groups -OCH3 is 1. The first-order valence-electron chi connectivity index (χ1n) is 6.74. The lowest BCUT2D eigenvalue weighted by molar-refractivity contribution is -0.139. The van der Waals surface area contributed by atoms with Gasteiger partial charge in [-0.05, 0) is 41.8 Å². The number of rotatable bonds is 5. The average Bonchev–Trinajstić information content (AvgIpc) is 2.47. The first kappa shape index (κ1) is 15.6. The average molecular weight is 348 g/mol. The van der Waals surface area contributed by atoms with Crippen molar-refractivity contribution in [3.05, 3.63) is 63.6 Å². The summed E-state index contributed by atoms with van der Waals surface area (Å²) in [6.45, 7) is 2.74. The van der Waals surface area contributed by atoms with Crippen molar-refractivity contribution >= 4 is 27.6 Å². The fraction of sp³-hybridized carbons (Fsp3) is 0.235. The summed E-state index contributed by atoms with van der Waals surface area (Å²) >= 11 is 3.46. The minimum atomic E-state index is -0.220. The Morgan fingerprint density at radius 3 is 2.57 bits per heavy atom. The molecule has 0 aliphatic heterocycles. The smallest absolute Gasteiger partial charge is 0.309 e. The molecular formula is C17H18BrNO2. The van der Waals surface area contributed by atoms with Crippen LogP contribution in [0.15, 0.2) is 46.9 Å². The second-order valence-corrected chi connectivity index (χ2v) is 5.75. The predicted octanol–water partition coefficient (Wildman–Crippen LogP) is 4.09. The van der Waals surface area contributed by atoms with Gasteiger partial charge in [-0.3, -0.25) is 4.79 Å². The Morgan fingerprint density at radius 2 is 1.90 bits per heavy atom. The summed E-state index contributed by atoms with van der Waals surface area (Å²) in [5.41, 5.74) is 4.36. The molecule has 0 saturated heterocycles. The van der Waals surface area contributed by atoms with E-state index in [4.69, 9.17) is 4.74 Å². The Hall–Kier alpha value is -1.81. The van der Waals surface area contributed by atoms with Crippen molar-refractivity contribution in [3.8, 4) is 0 Å². The summed E-state index contributed by atoms with van der Waals surface area (Å²) in [6, 6.07) is 14.0. The van der Waals surface area contributed by atoms with Crippen LogP contribution in [0.4, 0.5) is 5.69 Å². The summed E-state index contributed by atoms with van der Waals surface area (Å²) in [5.74, 6) is -0.220. The molecule has 3 nitrogen and oxygen atoms in total. The molecule has 0 atom stereocenters. The van der Waals surface area contributed by atoms with Crippen molar-refractivity contribution in [1.82, 2.24) is 0 Å². The topological polar surface area (TPSA) is 38.3 Å². The lowest BCUT2D eigenvalue weighted by Gasteiger charge is -2.13. The maximum absolute atomic E-state index is 11.5. The zero-order valence-corrected chi connectivity index (χ0v) is 13.7. The summed E-state index contributed by atoms with van der Waals surface area (Å²) in [7, 11) is 1.41. The van der Waals surface area contributed by atoms with Crippen LogP contribution in [0, 0.1) is 6.92 Å². The van der Waals surface area contributed by atoms with Crippen molar-refractivity contribution in [2.75, 3.05) is 12.4 Å². The quantitative estimate of drug-likeness (QED) is 0.828. The number of carbonyl (C=O) groups excluding carboxylic acids is 1. The number of hydrogen-bond donors (Lipinski definition) is 1. The zero-order chi connectivity index (χ0) is 15.2. The van der Waals surface area contributed by atoms with Crippen LogP contribution in [0.3, 0.4) is 0 Å². The van der Waals surface area contributed by atoms with Gasteiger partial charge in [-0.2, -0.15) is 0 Å². The molecule has 110 valence electrons. The lowest BCUT2D eigenvalue weighted by atomic mass is 10.0. The summed E-state index contributed by atoms with van der Waals surface area (Å²) < 4.78 is 5.81. The van der Waals surface area contributed by atoms with Gasteiger partial charge in [0, 0.05) is 16.7 Å². The summed E-state index contributed by atoms with van der Waals surface area (Å²) in [6.07, 6.45) is 0.299. The molecule has 0 saturated carbocycles. The van der Waals surface area contributed by atoms with Crippen LogP contribution in [0.1, 0.15) is 16.7 Å². The third kappa shape index (κ3) is 4.33. The van der Waals surface area contributed by atoms with Gasteiger partial charge in [0.1, 0.15) is 0 Å². The maximum atomic E-state index is 11.5. The third-order valence-corrected chi connectivity index (χ3v) is 3.83. The highest BCUT2D eigenvalue weighted by molar-refractivity contribution is 9.10. The van der Waals surface area contributed by atoms with Crippen LogP contribution in [0.2, 0.25) is 0 Å². The minimum Gasteiger partial charge on any atom is -0.469 e. The predicted molar refractivity (Wildman–Crippen MR) is 88.4 cm³/mol. The highest BCUT2D eigenvalue weighted by Crippen LogP contribution is 2.21. The van der Waals surface area contributed by atoms with Gasteiger partial charge in [0.15, 0.2) is 0 Å². The van der Waals surface area contributed by atoms with Crippen molar-refractivity contribution in [3.63, 3.8) is 0 Å². The molecule has 0 heterocycles. The number of hydrogen-bond acceptors (Lipinski definition) is 3. The van der Waals surface area contributed by atoms with Crippen LogP contribution in [-0.4, -0.2) is 13.1 Å². The van der Waals surface area contributed by atoms with E-state index in [1.165, 1.54) is 12.7 Å². The number of carbonyl (C=O) groups is 1. The van der Waals surface area contributed by atoms with E-state index in [0.717, 1.165) is 21.3 Å². The highest BCUT2D eigenvalue weighted by atomic mass is 79.9. The molecule has 0 aliphatic carbocycles. The molecule has 0 radical (unpaired) electrons. The SMILES string of the molecule is COC(=O)Cc1ccccc1CNc1ccc(Br)cc1C. The van der Waals surface area contributed by atoms with Crippen LogP contribution >= 0.6 is 15.9 Å². The number of ether oxygens (including phenoxy) is 1. The zero-order valence-electron chi connectivity index (χ0n) is 12.2. The van der Waals surface area contributed by atoms with Crippen molar-refractivity contribution < 1.29 is 9.53 Å². The van der Waals surface area contributed by atoms with Crippen molar-refractivity contribution in [1.29, 1.82) is 0 Å². The number of halogens is 1. The second kappa shape index (κ2) is 7.27. The molecule has 4 heteroatoms. The third-order valence-electron chi connectivity index (χ3n) is 3.34. The van der Waals surface area contributed by atoms with Gasteiger partial charge in [0.2, 0.25) is 0 Å². The fourth-order valence-corrected chi connectivity index (χ4v) is 2.62. The molecule has 0 aliphatic rings. The lowest BCUT2D eigenvalue weighted by Crippen LogP contribution is -2.09. The normalized spacial score (nSPS) is 10.2. The molecule has 2 aromatic rings. The summed E-state index contributed by atoms with van der Waals surface area (Å²) in [4.78, 5) is 11.5. The van der Waals surface area contributed by atoms with E-state index in [2.05, 4.69) is 34.2 Å². The van der Waals surface area contributed by atoms with Gasteiger partial charge in [0.25, 0.3) is 0 Å². The van der Waals surface area contributed by atoms with E-state index in [-0.39, 0.29) is 5.97 Å². The highest BCUT2D eigenvalue weighted by Gasteiger charge is 2.08. The number of nitrogens with one attached hydrogen (secondary N) is 1. The Morgan fingerprint density at radius 1 is 1.19 bits per heavy atom. The van der Waals surface area contributed by atoms with Gasteiger partial charge >= 0.3 is 5.97 Å². The minimum absolute atomic E-state index is 0.220. The first-order chi connectivity index (χ1) is 10.1. The van der Waals surface area contributed by atoms with E-state index >= 15 is 0 Å². The molecule has 21 heavy (non-hydrogen) atoms. The van der Waals surface area contributed by atoms with Gasteiger partial charge in [0.05, 0.1) is 13.5 Å². The fourth-order valence-electron chi connectivity index (χ4n) is 2.15. The van der Waals surface area contributed by atoms with E-state index < -0.39 is 0 Å². The van der Waals surface area contributed by atoms with Crippen LogP contribution < -0.4 is 5.32 Å². The van der Waals surface area contributed by atoms with Crippen molar-refractivity contribution in [2.24, 2.45) is 0 Å². The molecule has 0 amide bonds. The molecule has 1 N–H and O–H groups in total. The van der Waals surface area contributed by atoms with Gasteiger partial charge < -0.3 is 10.1 Å². The maximum Gasteiger partial charge on any atom is 0.309 e. The Kier molecular flexibility index (Phi) is 5.39. The van der Waals surface area contributed by atoms with E-state index in [0.29, 0.717) is 13.0 Å². The van der Waals surface area contributed by atoms with Crippen LogP contribution in [-0.2, 0) is 22.5 Å². The van der Waals surface area contributed by atoms with E-state index in [1.807, 2.05) is 36.4 Å². The first-order valence-corrected chi connectivity index (χ1v) is 7.53. The van der Waals surface area contributed by atoms with E-state index in [1.54, 1.807) is 0 Å². The van der Waals surface area contributed by atoms with Gasteiger partial charge in [-0.25, -0.2) is 0 Å². The molecule has 0 bridgehead atoms.